The zero-order valence-electron chi connectivity index (χ0n) is 18.4. The van der Waals surface area contributed by atoms with E-state index in [1.807, 2.05) is 17.0 Å². The minimum Gasteiger partial charge on any atom is -0.493 e. The molecule has 4 rings (SSSR count). The Kier molecular flexibility index (Phi) is 6.20. The number of methoxy groups -OCH3 is 2. The average molecular weight is 434 g/mol. The molecular weight excluding hydrogens is 408 g/mol. The lowest BCUT2D eigenvalue weighted by molar-refractivity contribution is 0.0906. The highest BCUT2D eigenvalue weighted by Gasteiger charge is 2.29. The summed E-state index contributed by atoms with van der Waals surface area (Å²) in [6, 6.07) is 10.4. The summed E-state index contributed by atoms with van der Waals surface area (Å²) in [7, 11) is 4.83. The molecule has 1 aromatic carbocycles. The molecule has 0 aliphatic carbocycles. The number of carbonyl (C=O) groups excluding carboxylic acids is 1. The van der Waals surface area contributed by atoms with E-state index in [1.54, 1.807) is 51.9 Å². The normalized spacial score (nSPS) is 16.0. The van der Waals surface area contributed by atoms with Crippen LogP contribution in [0.4, 0.5) is 5.95 Å². The van der Waals surface area contributed by atoms with Gasteiger partial charge in [-0.05, 0) is 43.2 Å². The van der Waals surface area contributed by atoms with Gasteiger partial charge in [0, 0.05) is 55.6 Å². The van der Waals surface area contributed by atoms with E-state index >= 15 is 0 Å². The van der Waals surface area contributed by atoms with Crippen LogP contribution in [0.15, 0.2) is 53.6 Å². The summed E-state index contributed by atoms with van der Waals surface area (Å²) in [5, 5.41) is 0. The van der Waals surface area contributed by atoms with E-state index in [2.05, 4.69) is 4.98 Å². The van der Waals surface area contributed by atoms with E-state index in [-0.39, 0.29) is 17.3 Å². The second-order valence-electron chi connectivity index (χ2n) is 7.79. The monoisotopic (exact) mass is 434 g/mol. The Hall–Kier alpha value is -3.68. The molecule has 3 aromatic rings. The first-order valence-electron chi connectivity index (χ1n) is 10.5. The van der Waals surface area contributed by atoms with Crippen LogP contribution in [0, 0.1) is 5.92 Å². The topological polar surface area (TPSA) is 86.5 Å². The standard InChI is InChI=1S/C24H26N4O4/c1-27-22(29)14-19(16-8-10-25-11-9-16)26-24(27)28-12-4-5-18(15-28)23(30)17-6-7-20(31-2)21(13-17)32-3/h6-11,13-14,18H,4-5,12,15H2,1-3H3. The first-order chi connectivity index (χ1) is 15.5. The summed E-state index contributed by atoms with van der Waals surface area (Å²) < 4.78 is 12.2. The Bertz CT molecular complexity index is 1180. The van der Waals surface area contributed by atoms with Crippen molar-refractivity contribution in [2.75, 3.05) is 32.2 Å². The van der Waals surface area contributed by atoms with Crippen LogP contribution in [-0.4, -0.2) is 47.6 Å². The van der Waals surface area contributed by atoms with Crippen molar-refractivity contribution in [3.8, 4) is 22.8 Å². The zero-order valence-corrected chi connectivity index (χ0v) is 18.4. The summed E-state index contributed by atoms with van der Waals surface area (Å²) >= 11 is 0. The van der Waals surface area contributed by atoms with E-state index in [9.17, 15) is 9.59 Å². The molecule has 1 fully saturated rings. The SMILES string of the molecule is COc1ccc(C(=O)C2CCCN(c3nc(-c4ccncc4)cc(=O)n3C)C2)cc1OC. The minimum atomic E-state index is -0.205. The van der Waals surface area contributed by atoms with Gasteiger partial charge in [-0.2, -0.15) is 0 Å². The van der Waals surface area contributed by atoms with Crippen LogP contribution in [0.5, 0.6) is 11.5 Å². The summed E-state index contributed by atoms with van der Waals surface area (Å²) in [4.78, 5) is 36.7. The van der Waals surface area contributed by atoms with Gasteiger partial charge in [0.15, 0.2) is 17.3 Å². The predicted octanol–water partition coefficient (Wildman–Crippen LogP) is 2.96. The number of ether oxygens (including phenoxy) is 2. The molecule has 3 heterocycles. The fourth-order valence-corrected chi connectivity index (χ4v) is 4.08. The Morgan fingerprint density at radius 3 is 2.53 bits per heavy atom. The van der Waals surface area contributed by atoms with Crippen molar-refractivity contribution in [2.24, 2.45) is 13.0 Å². The Morgan fingerprint density at radius 1 is 1.06 bits per heavy atom. The molecule has 1 saturated heterocycles. The second-order valence-corrected chi connectivity index (χ2v) is 7.79. The van der Waals surface area contributed by atoms with E-state index < -0.39 is 0 Å². The average Bonchev–Trinajstić information content (AvgIpc) is 2.85. The van der Waals surface area contributed by atoms with Crippen LogP contribution < -0.4 is 19.9 Å². The molecule has 8 heteroatoms. The molecule has 0 radical (unpaired) electrons. The number of pyridine rings is 1. The first kappa shape index (κ1) is 21.5. The molecule has 2 aromatic heterocycles. The molecular formula is C24H26N4O4. The molecule has 1 aliphatic heterocycles. The van der Waals surface area contributed by atoms with Crippen molar-refractivity contribution in [1.29, 1.82) is 0 Å². The van der Waals surface area contributed by atoms with Gasteiger partial charge >= 0.3 is 0 Å². The zero-order chi connectivity index (χ0) is 22.7. The highest BCUT2D eigenvalue weighted by molar-refractivity contribution is 5.98. The fourth-order valence-electron chi connectivity index (χ4n) is 4.08. The first-order valence-corrected chi connectivity index (χ1v) is 10.5. The number of hydrogen-bond acceptors (Lipinski definition) is 7. The highest BCUT2D eigenvalue weighted by Crippen LogP contribution is 2.31. The van der Waals surface area contributed by atoms with Crippen LogP contribution in [0.25, 0.3) is 11.3 Å². The maximum Gasteiger partial charge on any atom is 0.255 e. The van der Waals surface area contributed by atoms with Crippen LogP contribution in [-0.2, 0) is 7.05 Å². The van der Waals surface area contributed by atoms with Gasteiger partial charge in [-0.3, -0.25) is 19.1 Å². The Balaban J connectivity index is 1.61. The summed E-state index contributed by atoms with van der Waals surface area (Å²) in [6.45, 7) is 1.23. The van der Waals surface area contributed by atoms with Crippen molar-refractivity contribution >= 4 is 11.7 Å². The number of rotatable bonds is 6. The number of Topliss-reactive ketones (excluding diaryl/α,β-unsaturated/α-hetero) is 1. The van der Waals surface area contributed by atoms with Crippen molar-refractivity contribution in [1.82, 2.24) is 14.5 Å². The third-order valence-electron chi connectivity index (χ3n) is 5.83. The van der Waals surface area contributed by atoms with Gasteiger partial charge in [0.25, 0.3) is 5.56 Å². The molecule has 0 N–H and O–H groups in total. The largest absolute Gasteiger partial charge is 0.493 e. The lowest BCUT2D eigenvalue weighted by Crippen LogP contribution is -2.41. The molecule has 1 aliphatic rings. The number of hydrogen-bond donors (Lipinski definition) is 0. The van der Waals surface area contributed by atoms with Gasteiger partial charge in [0.05, 0.1) is 19.9 Å². The molecule has 0 saturated carbocycles. The van der Waals surface area contributed by atoms with Crippen molar-refractivity contribution < 1.29 is 14.3 Å². The van der Waals surface area contributed by atoms with Gasteiger partial charge in [-0.1, -0.05) is 0 Å². The van der Waals surface area contributed by atoms with Crippen LogP contribution in [0.1, 0.15) is 23.2 Å². The van der Waals surface area contributed by atoms with Gasteiger partial charge < -0.3 is 14.4 Å². The Labute approximate surface area is 186 Å². The second kappa shape index (κ2) is 9.21. The molecule has 32 heavy (non-hydrogen) atoms. The van der Waals surface area contributed by atoms with Crippen LogP contribution in [0.3, 0.4) is 0 Å². The van der Waals surface area contributed by atoms with Gasteiger partial charge in [0.2, 0.25) is 5.95 Å². The van der Waals surface area contributed by atoms with Crippen molar-refractivity contribution in [2.45, 2.75) is 12.8 Å². The molecule has 166 valence electrons. The van der Waals surface area contributed by atoms with E-state index in [0.29, 0.717) is 35.2 Å². The lowest BCUT2D eigenvalue weighted by Gasteiger charge is -2.33. The molecule has 1 atom stereocenters. The summed E-state index contributed by atoms with van der Waals surface area (Å²) in [5.41, 5.74) is 1.87. The van der Waals surface area contributed by atoms with Crippen LogP contribution in [0.2, 0.25) is 0 Å². The van der Waals surface area contributed by atoms with Gasteiger partial charge in [-0.15, -0.1) is 0 Å². The van der Waals surface area contributed by atoms with Gasteiger partial charge in [-0.25, -0.2) is 4.98 Å². The summed E-state index contributed by atoms with van der Waals surface area (Å²) in [6.07, 6.45) is 4.96. The number of piperidine rings is 1. The number of nitrogens with zero attached hydrogens (tertiary/aromatic N) is 4. The molecule has 1 unspecified atom stereocenters. The highest BCUT2D eigenvalue weighted by atomic mass is 16.5. The quantitative estimate of drug-likeness (QED) is 0.551. The number of carbonyl (C=O) groups is 1. The fraction of sp³-hybridized carbons (Fsp3) is 0.333. The van der Waals surface area contributed by atoms with Gasteiger partial charge in [0.1, 0.15) is 0 Å². The maximum atomic E-state index is 13.3. The third kappa shape index (κ3) is 4.21. The van der Waals surface area contributed by atoms with Crippen molar-refractivity contribution in [3.05, 3.63) is 64.7 Å². The molecule has 0 amide bonds. The summed E-state index contributed by atoms with van der Waals surface area (Å²) in [5.74, 6) is 1.52. The smallest absolute Gasteiger partial charge is 0.255 e. The number of ketones is 1. The maximum absolute atomic E-state index is 13.3. The van der Waals surface area contributed by atoms with Crippen LogP contribution >= 0.6 is 0 Å². The molecule has 0 bridgehead atoms. The van der Waals surface area contributed by atoms with E-state index in [4.69, 9.17) is 14.5 Å². The Morgan fingerprint density at radius 2 is 1.81 bits per heavy atom. The third-order valence-corrected chi connectivity index (χ3v) is 5.83. The number of benzene rings is 1. The molecule has 8 nitrogen and oxygen atoms in total. The van der Waals surface area contributed by atoms with E-state index in [1.165, 1.54) is 10.6 Å². The minimum absolute atomic E-state index is 0.0472. The molecule has 0 spiro atoms. The lowest BCUT2D eigenvalue weighted by atomic mass is 9.90. The van der Waals surface area contributed by atoms with Crippen molar-refractivity contribution in [3.63, 3.8) is 0 Å². The number of aromatic nitrogens is 3. The number of anilines is 1. The van der Waals surface area contributed by atoms with E-state index in [0.717, 1.165) is 24.9 Å². The predicted molar refractivity (Wildman–Crippen MR) is 122 cm³/mol.